The average molecular weight is 367 g/mol. The van der Waals surface area contributed by atoms with E-state index in [-0.39, 0.29) is 4.90 Å². The van der Waals surface area contributed by atoms with Crippen molar-refractivity contribution in [2.75, 3.05) is 18.4 Å². The number of sulfonamides is 1. The van der Waals surface area contributed by atoms with Gasteiger partial charge in [0, 0.05) is 24.2 Å². The summed E-state index contributed by atoms with van der Waals surface area (Å²) in [6.07, 6.45) is 4.39. The first-order valence-electron chi connectivity index (χ1n) is 8.10. The molecule has 0 saturated carbocycles. The Balaban J connectivity index is 1.67. The quantitative estimate of drug-likeness (QED) is 0.880. The first-order valence-corrected chi connectivity index (χ1v) is 10.4. The Kier molecular flexibility index (Phi) is 5.17. The molecule has 1 aliphatic rings. The van der Waals surface area contributed by atoms with E-state index in [1.807, 2.05) is 13.8 Å². The van der Waals surface area contributed by atoms with Crippen molar-refractivity contribution in [3.8, 4) is 0 Å². The highest BCUT2D eigenvalue weighted by Crippen LogP contribution is 2.21. The molecular weight excluding hydrogens is 344 g/mol. The fourth-order valence-electron chi connectivity index (χ4n) is 2.80. The molecule has 3 heterocycles. The van der Waals surface area contributed by atoms with Crippen LogP contribution in [-0.4, -0.2) is 35.8 Å². The van der Waals surface area contributed by atoms with Gasteiger partial charge in [-0.05, 0) is 38.8 Å². The van der Waals surface area contributed by atoms with E-state index in [0.29, 0.717) is 25.5 Å². The second-order valence-corrected chi connectivity index (χ2v) is 9.28. The third kappa shape index (κ3) is 3.76. The molecule has 8 heteroatoms. The number of hydrogen-bond donors (Lipinski definition) is 1. The van der Waals surface area contributed by atoms with E-state index in [0.717, 1.165) is 30.0 Å². The minimum absolute atomic E-state index is 0.260. The monoisotopic (exact) mass is 366 g/mol. The summed E-state index contributed by atoms with van der Waals surface area (Å²) in [5.74, 6) is 0.651. The van der Waals surface area contributed by atoms with Crippen LogP contribution >= 0.6 is 11.3 Å². The van der Waals surface area contributed by atoms with Crippen molar-refractivity contribution in [3.05, 3.63) is 33.9 Å². The molecule has 0 bridgehead atoms. The summed E-state index contributed by atoms with van der Waals surface area (Å²) in [7, 11) is -3.42. The molecule has 0 radical (unpaired) electrons. The summed E-state index contributed by atoms with van der Waals surface area (Å²) in [4.78, 5) is 10.2. The van der Waals surface area contributed by atoms with Gasteiger partial charge in [0.25, 0.3) is 0 Å². The summed E-state index contributed by atoms with van der Waals surface area (Å²) in [6.45, 7) is 5.82. The first-order chi connectivity index (χ1) is 11.5. The molecule has 0 spiro atoms. The van der Waals surface area contributed by atoms with E-state index in [1.165, 1.54) is 11.1 Å². The van der Waals surface area contributed by atoms with E-state index < -0.39 is 10.0 Å². The smallest absolute Gasteiger partial charge is 0.244 e. The number of piperidine rings is 1. The van der Waals surface area contributed by atoms with Crippen LogP contribution in [0.3, 0.4) is 0 Å². The van der Waals surface area contributed by atoms with Crippen LogP contribution in [0.5, 0.6) is 0 Å². The maximum atomic E-state index is 12.6. The molecule has 0 aromatic carbocycles. The number of anilines is 1. The van der Waals surface area contributed by atoms with Crippen LogP contribution in [0.1, 0.15) is 34.8 Å². The summed E-state index contributed by atoms with van der Waals surface area (Å²) in [5.41, 5.74) is 1.00. The summed E-state index contributed by atoms with van der Waals surface area (Å²) < 4.78 is 26.7. The van der Waals surface area contributed by atoms with Gasteiger partial charge in [0.05, 0.1) is 17.2 Å². The first kappa shape index (κ1) is 17.3. The fourth-order valence-corrected chi connectivity index (χ4v) is 5.10. The van der Waals surface area contributed by atoms with Crippen LogP contribution in [0.15, 0.2) is 23.2 Å². The molecule has 0 aliphatic carbocycles. The molecule has 1 aliphatic heterocycles. The van der Waals surface area contributed by atoms with Crippen LogP contribution in [0, 0.1) is 13.8 Å². The highest BCUT2D eigenvalue weighted by molar-refractivity contribution is 7.89. The Morgan fingerprint density at radius 2 is 1.96 bits per heavy atom. The van der Waals surface area contributed by atoms with Gasteiger partial charge in [0.2, 0.25) is 10.0 Å². The van der Waals surface area contributed by atoms with Crippen molar-refractivity contribution in [2.24, 2.45) is 0 Å². The van der Waals surface area contributed by atoms with Gasteiger partial charge in [-0.15, -0.1) is 11.3 Å². The normalized spacial score (nSPS) is 16.2. The maximum absolute atomic E-state index is 12.6. The van der Waals surface area contributed by atoms with Gasteiger partial charge in [-0.25, -0.2) is 18.4 Å². The number of thiazole rings is 1. The fraction of sp³-hybridized carbons (Fsp3) is 0.500. The van der Waals surface area contributed by atoms with Crippen molar-refractivity contribution in [3.63, 3.8) is 0 Å². The molecule has 0 atom stereocenters. The number of aryl methyl sites for hydroxylation is 2. The Labute approximate surface area is 147 Å². The second-order valence-electron chi connectivity index (χ2n) is 5.93. The molecule has 6 nitrogen and oxygen atoms in total. The predicted octanol–water partition coefficient (Wildman–Crippen LogP) is 2.94. The van der Waals surface area contributed by atoms with Gasteiger partial charge in [-0.2, -0.15) is 4.31 Å². The lowest BCUT2D eigenvalue weighted by Gasteiger charge is -2.25. The Morgan fingerprint density at radius 1 is 1.21 bits per heavy atom. The largest absolute Gasteiger partial charge is 0.364 e. The zero-order valence-electron chi connectivity index (χ0n) is 13.9. The van der Waals surface area contributed by atoms with Crippen LogP contribution < -0.4 is 5.32 Å². The molecule has 3 rings (SSSR count). The zero-order chi connectivity index (χ0) is 17.2. The minimum Gasteiger partial charge on any atom is -0.364 e. The molecule has 2 aromatic rings. The number of rotatable bonds is 5. The third-order valence-corrected chi connectivity index (χ3v) is 6.94. The number of nitrogens with zero attached hydrogens (tertiary/aromatic N) is 3. The summed E-state index contributed by atoms with van der Waals surface area (Å²) >= 11 is 1.67. The van der Waals surface area contributed by atoms with Gasteiger partial charge in [0.15, 0.2) is 0 Å². The third-order valence-electron chi connectivity index (χ3n) is 4.13. The molecule has 1 N–H and O–H groups in total. The Hall–Kier alpha value is -1.51. The van der Waals surface area contributed by atoms with E-state index in [4.69, 9.17) is 0 Å². The van der Waals surface area contributed by atoms with Gasteiger partial charge in [-0.1, -0.05) is 6.42 Å². The average Bonchev–Trinajstić information content (AvgIpc) is 2.91. The SMILES string of the molecule is Cc1nc(CNc2ccc(S(=O)(=O)N3CCCCC3)cn2)c(C)s1. The van der Waals surface area contributed by atoms with E-state index >= 15 is 0 Å². The lowest BCUT2D eigenvalue weighted by molar-refractivity contribution is 0.346. The van der Waals surface area contributed by atoms with Gasteiger partial charge in [0.1, 0.15) is 10.7 Å². The van der Waals surface area contributed by atoms with Gasteiger partial charge in [-0.3, -0.25) is 0 Å². The predicted molar refractivity (Wildman–Crippen MR) is 95.8 cm³/mol. The van der Waals surface area contributed by atoms with Crippen molar-refractivity contribution in [1.29, 1.82) is 0 Å². The number of aromatic nitrogens is 2. The standard InChI is InChI=1S/C16H22N4O2S2/c1-12-15(19-13(2)23-12)11-18-16-7-6-14(10-17-16)24(21,22)20-8-4-3-5-9-20/h6-7,10H,3-5,8-9,11H2,1-2H3,(H,17,18). The number of pyridine rings is 1. The Bertz CT molecular complexity index is 794. The number of nitrogens with one attached hydrogen (secondary N) is 1. The van der Waals surface area contributed by atoms with Crippen LogP contribution in [0.4, 0.5) is 5.82 Å². The topological polar surface area (TPSA) is 75.2 Å². The molecule has 1 saturated heterocycles. The molecule has 24 heavy (non-hydrogen) atoms. The van der Waals surface area contributed by atoms with Crippen molar-refractivity contribution >= 4 is 27.2 Å². The lowest BCUT2D eigenvalue weighted by atomic mass is 10.2. The lowest BCUT2D eigenvalue weighted by Crippen LogP contribution is -2.35. The highest BCUT2D eigenvalue weighted by atomic mass is 32.2. The molecular formula is C16H22N4O2S2. The highest BCUT2D eigenvalue weighted by Gasteiger charge is 2.26. The van der Waals surface area contributed by atoms with Gasteiger partial charge >= 0.3 is 0 Å². The van der Waals surface area contributed by atoms with E-state index in [2.05, 4.69) is 15.3 Å². The maximum Gasteiger partial charge on any atom is 0.244 e. The van der Waals surface area contributed by atoms with Crippen LogP contribution in [0.2, 0.25) is 0 Å². The molecule has 130 valence electrons. The molecule has 2 aromatic heterocycles. The van der Waals surface area contributed by atoms with Crippen LogP contribution in [0.25, 0.3) is 0 Å². The second kappa shape index (κ2) is 7.16. The van der Waals surface area contributed by atoms with E-state index in [1.54, 1.807) is 27.8 Å². The summed E-state index contributed by atoms with van der Waals surface area (Å²) in [5, 5.41) is 4.24. The molecule has 1 fully saturated rings. The van der Waals surface area contributed by atoms with Crippen molar-refractivity contribution < 1.29 is 8.42 Å². The van der Waals surface area contributed by atoms with Gasteiger partial charge < -0.3 is 5.32 Å². The van der Waals surface area contributed by atoms with Crippen molar-refractivity contribution in [1.82, 2.24) is 14.3 Å². The number of hydrogen-bond acceptors (Lipinski definition) is 6. The Morgan fingerprint density at radius 3 is 2.54 bits per heavy atom. The minimum atomic E-state index is -3.42. The van der Waals surface area contributed by atoms with E-state index in [9.17, 15) is 8.42 Å². The van der Waals surface area contributed by atoms with Crippen molar-refractivity contribution in [2.45, 2.75) is 44.6 Å². The van der Waals surface area contributed by atoms with Crippen LogP contribution in [-0.2, 0) is 16.6 Å². The molecule has 0 unspecified atom stereocenters. The summed E-state index contributed by atoms with van der Waals surface area (Å²) in [6, 6.07) is 3.34. The molecule has 0 amide bonds. The zero-order valence-corrected chi connectivity index (χ0v) is 15.6.